The van der Waals surface area contributed by atoms with Crippen LogP contribution < -0.4 is 10.1 Å². The molecule has 2 aromatic rings. The van der Waals surface area contributed by atoms with Crippen molar-refractivity contribution in [3.8, 4) is 18.1 Å². The van der Waals surface area contributed by atoms with Crippen LogP contribution in [0.4, 0.5) is 10.5 Å². The molecule has 0 bridgehead atoms. The maximum Gasteiger partial charge on any atom is 0.322 e. The van der Waals surface area contributed by atoms with Crippen LogP contribution in [0.1, 0.15) is 24.9 Å². The van der Waals surface area contributed by atoms with Gasteiger partial charge in [-0.25, -0.2) is 4.79 Å². The summed E-state index contributed by atoms with van der Waals surface area (Å²) in [4.78, 5) is 18.2. The average Bonchev–Trinajstić information content (AvgIpc) is 2.62. The van der Waals surface area contributed by atoms with E-state index in [4.69, 9.17) is 11.2 Å². The zero-order valence-electron chi connectivity index (χ0n) is 13.9. The van der Waals surface area contributed by atoms with Gasteiger partial charge < -0.3 is 15.0 Å². The van der Waals surface area contributed by atoms with Crippen molar-refractivity contribution in [3.63, 3.8) is 0 Å². The smallest absolute Gasteiger partial charge is 0.322 e. The number of nitrogens with one attached hydrogen (secondary N) is 1. The highest BCUT2D eigenvalue weighted by molar-refractivity contribution is 5.89. The summed E-state index contributed by atoms with van der Waals surface area (Å²) >= 11 is 0. The van der Waals surface area contributed by atoms with Crippen molar-refractivity contribution in [3.05, 3.63) is 54.4 Å². The molecule has 2 amide bonds. The van der Waals surface area contributed by atoms with Gasteiger partial charge in [0.15, 0.2) is 0 Å². The molecule has 0 aliphatic heterocycles. The predicted octanol–water partition coefficient (Wildman–Crippen LogP) is 3.71. The number of rotatable bonds is 6. The van der Waals surface area contributed by atoms with E-state index in [0.717, 1.165) is 12.0 Å². The van der Waals surface area contributed by atoms with E-state index < -0.39 is 0 Å². The van der Waals surface area contributed by atoms with E-state index in [1.165, 1.54) is 0 Å². The Morgan fingerprint density at radius 2 is 1.96 bits per heavy atom. The molecule has 5 nitrogen and oxygen atoms in total. The number of carbonyl (C=O) groups is 1. The molecule has 0 saturated carbocycles. The highest BCUT2D eigenvalue weighted by atomic mass is 16.5. The summed E-state index contributed by atoms with van der Waals surface area (Å²) in [6, 6.07) is 10.8. The van der Waals surface area contributed by atoms with Gasteiger partial charge in [-0.2, -0.15) is 0 Å². The van der Waals surface area contributed by atoms with Crippen LogP contribution in [0.5, 0.6) is 5.75 Å². The number of aromatic nitrogens is 1. The molecule has 0 unspecified atom stereocenters. The Bertz CT molecular complexity index is 693. The topological polar surface area (TPSA) is 54.5 Å². The molecule has 0 fully saturated rings. The van der Waals surface area contributed by atoms with Crippen LogP contribution >= 0.6 is 0 Å². The molecule has 1 atom stereocenters. The van der Waals surface area contributed by atoms with Gasteiger partial charge in [0.2, 0.25) is 0 Å². The lowest BCUT2D eigenvalue weighted by molar-refractivity contribution is 0.202. The van der Waals surface area contributed by atoms with Crippen LogP contribution in [0.3, 0.4) is 0 Å². The van der Waals surface area contributed by atoms with Crippen molar-refractivity contribution in [2.75, 3.05) is 19.0 Å². The first-order chi connectivity index (χ1) is 11.7. The van der Waals surface area contributed by atoms with E-state index in [0.29, 0.717) is 11.4 Å². The van der Waals surface area contributed by atoms with Gasteiger partial charge in [0, 0.05) is 25.1 Å². The predicted molar refractivity (Wildman–Crippen MR) is 94.8 cm³/mol. The molecular formula is C19H21N3O2. The third kappa shape index (κ3) is 4.50. The number of pyridine rings is 1. The number of benzene rings is 1. The monoisotopic (exact) mass is 323 g/mol. The summed E-state index contributed by atoms with van der Waals surface area (Å²) in [7, 11) is 1.79. The number of anilines is 1. The average molecular weight is 323 g/mol. The fourth-order valence-electron chi connectivity index (χ4n) is 2.43. The first-order valence-corrected chi connectivity index (χ1v) is 7.75. The van der Waals surface area contributed by atoms with Crippen LogP contribution in [-0.2, 0) is 0 Å². The summed E-state index contributed by atoms with van der Waals surface area (Å²) < 4.78 is 5.31. The molecule has 0 saturated heterocycles. The van der Waals surface area contributed by atoms with E-state index in [9.17, 15) is 4.79 Å². The highest BCUT2D eigenvalue weighted by Crippen LogP contribution is 2.23. The van der Waals surface area contributed by atoms with Crippen molar-refractivity contribution in [1.29, 1.82) is 0 Å². The molecule has 24 heavy (non-hydrogen) atoms. The lowest BCUT2D eigenvalue weighted by atomic mass is 10.1. The minimum Gasteiger partial charge on any atom is -0.481 e. The zero-order chi connectivity index (χ0) is 17.4. The maximum absolute atomic E-state index is 12.5. The summed E-state index contributed by atoms with van der Waals surface area (Å²) in [6.45, 7) is 2.27. The fourth-order valence-corrected chi connectivity index (χ4v) is 2.43. The van der Waals surface area contributed by atoms with E-state index in [1.54, 1.807) is 48.6 Å². The first-order valence-electron chi connectivity index (χ1n) is 7.75. The molecule has 1 aromatic carbocycles. The van der Waals surface area contributed by atoms with Crippen LogP contribution in [0, 0.1) is 12.3 Å². The van der Waals surface area contributed by atoms with Gasteiger partial charge in [0.25, 0.3) is 0 Å². The molecule has 0 radical (unpaired) electrons. The van der Waals surface area contributed by atoms with E-state index in [2.05, 4.69) is 16.2 Å². The van der Waals surface area contributed by atoms with Crippen molar-refractivity contribution in [2.45, 2.75) is 19.4 Å². The van der Waals surface area contributed by atoms with E-state index >= 15 is 0 Å². The van der Waals surface area contributed by atoms with Crippen molar-refractivity contribution in [1.82, 2.24) is 9.88 Å². The number of nitrogens with zero attached hydrogens (tertiary/aromatic N) is 2. The normalized spacial score (nSPS) is 11.2. The number of hydrogen-bond donors (Lipinski definition) is 1. The Labute approximate surface area is 142 Å². The molecule has 124 valence electrons. The van der Waals surface area contributed by atoms with Gasteiger partial charge in [0.1, 0.15) is 12.4 Å². The molecule has 5 heteroatoms. The number of urea groups is 1. The van der Waals surface area contributed by atoms with Crippen LogP contribution in [0.25, 0.3) is 0 Å². The van der Waals surface area contributed by atoms with Gasteiger partial charge in [-0.1, -0.05) is 12.8 Å². The summed E-state index contributed by atoms with van der Waals surface area (Å²) in [6.07, 6.45) is 9.44. The third-order valence-electron chi connectivity index (χ3n) is 3.69. The zero-order valence-corrected chi connectivity index (χ0v) is 13.9. The standard InChI is InChI=1S/C19H21N3O2/c1-4-14-24-17-8-6-16(7-9-17)21-19(23)22(3)18(5-2)15-10-12-20-13-11-15/h1,6-13,18H,5,14H2,2-3H3,(H,21,23)/t18-/m1/s1. The number of amides is 2. The van der Waals surface area contributed by atoms with Crippen molar-refractivity contribution < 1.29 is 9.53 Å². The largest absolute Gasteiger partial charge is 0.481 e. The molecule has 0 spiro atoms. The second-order valence-corrected chi connectivity index (χ2v) is 5.26. The molecule has 1 heterocycles. The van der Waals surface area contributed by atoms with Gasteiger partial charge in [-0.15, -0.1) is 6.42 Å². The quantitative estimate of drug-likeness (QED) is 0.825. The van der Waals surface area contributed by atoms with Gasteiger partial charge in [-0.05, 0) is 48.4 Å². The number of carbonyl (C=O) groups excluding carboxylic acids is 1. The Balaban J connectivity index is 2.01. The van der Waals surface area contributed by atoms with E-state index in [-0.39, 0.29) is 18.7 Å². The molecule has 2 rings (SSSR count). The molecule has 0 aliphatic carbocycles. The molecular weight excluding hydrogens is 302 g/mol. The summed E-state index contributed by atoms with van der Waals surface area (Å²) in [5.41, 5.74) is 1.76. The van der Waals surface area contributed by atoms with Gasteiger partial charge >= 0.3 is 6.03 Å². The lowest BCUT2D eigenvalue weighted by Gasteiger charge is -2.27. The minimum absolute atomic E-state index is 0.00812. The Kier molecular flexibility index (Phi) is 6.21. The first kappa shape index (κ1) is 17.4. The molecule has 1 aromatic heterocycles. The SMILES string of the molecule is C#CCOc1ccc(NC(=O)N(C)[C@H](CC)c2ccncc2)cc1. The highest BCUT2D eigenvalue weighted by Gasteiger charge is 2.20. The molecule has 0 aliphatic rings. The third-order valence-corrected chi connectivity index (χ3v) is 3.69. The fraction of sp³-hybridized carbons (Fsp3) is 0.263. The number of ether oxygens (including phenoxy) is 1. The Morgan fingerprint density at radius 3 is 2.54 bits per heavy atom. The Hall–Kier alpha value is -3.00. The summed E-state index contributed by atoms with van der Waals surface area (Å²) in [5.74, 6) is 3.08. The second-order valence-electron chi connectivity index (χ2n) is 5.26. The van der Waals surface area contributed by atoms with Crippen molar-refractivity contribution >= 4 is 11.7 Å². The van der Waals surface area contributed by atoms with Crippen LogP contribution in [0.2, 0.25) is 0 Å². The van der Waals surface area contributed by atoms with Crippen molar-refractivity contribution in [2.24, 2.45) is 0 Å². The van der Waals surface area contributed by atoms with Crippen LogP contribution in [0.15, 0.2) is 48.8 Å². The van der Waals surface area contributed by atoms with Crippen LogP contribution in [-0.4, -0.2) is 29.6 Å². The number of terminal acetylenes is 1. The summed E-state index contributed by atoms with van der Waals surface area (Å²) in [5, 5.41) is 2.89. The second kappa shape index (κ2) is 8.59. The van der Waals surface area contributed by atoms with Gasteiger partial charge in [-0.3, -0.25) is 4.98 Å². The molecule has 1 N–H and O–H groups in total. The lowest BCUT2D eigenvalue weighted by Crippen LogP contribution is -2.34. The minimum atomic E-state index is -0.170. The maximum atomic E-state index is 12.5. The number of hydrogen-bond acceptors (Lipinski definition) is 3. The van der Waals surface area contributed by atoms with Gasteiger partial charge in [0.05, 0.1) is 6.04 Å². The Morgan fingerprint density at radius 1 is 1.29 bits per heavy atom. The van der Waals surface area contributed by atoms with E-state index in [1.807, 2.05) is 19.1 Å².